The van der Waals surface area contributed by atoms with Gasteiger partial charge >= 0.3 is 0 Å². The second-order valence-electron chi connectivity index (χ2n) is 8.21. The fourth-order valence-corrected chi connectivity index (χ4v) is 5.27. The number of thiophene rings is 1. The minimum Gasteiger partial charge on any atom is -0.368 e. The Labute approximate surface area is 194 Å². The minimum absolute atomic E-state index is 0.0365. The molecule has 2 aromatic heterocycles. The SMILES string of the molecule is Cc1ccc(-n2nc(C)c3cc(C(=O)N4CCN(c5ccc([N+](=O)[O-])cc5)CC4)sc32)cc1. The molecule has 0 spiro atoms. The lowest BCUT2D eigenvalue weighted by Crippen LogP contribution is -2.48. The molecule has 1 saturated heterocycles. The maximum atomic E-state index is 13.2. The van der Waals surface area contributed by atoms with Crippen molar-refractivity contribution < 1.29 is 9.72 Å². The van der Waals surface area contributed by atoms with E-state index in [9.17, 15) is 14.9 Å². The number of nitrogens with zero attached hydrogens (tertiary/aromatic N) is 5. The molecule has 3 heterocycles. The molecule has 0 saturated carbocycles. The summed E-state index contributed by atoms with van der Waals surface area (Å²) in [6, 6.07) is 16.7. The van der Waals surface area contributed by atoms with Crippen LogP contribution < -0.4 is 4.90 Å². The van der Waals surface area contributed by atoms with E-state index in [4.69, 9.17) is 0 Å². The number of piperazine rings is 1. The number of benzene rings is 2. The topological polar surface area (TPSA) is 84.5 Å². The minimum atomic E-state index is -0.398. The quantitative estimate of drug-likeness (QED) is 0.328. The van der Waals surface area contributed by atoms with Gasteiger partial charge in [0.05, 0.1) is 21.2 Å². The third-order valence-electron chi connectivity index (χ3n) is 6.03. The number of carbonyl (C=O) groups is 1. The molecule has 9 heteroatoms. The Hall–Kier alpha value is -3.72. The van der Waals surface area contributed by atoms with Crippen molar-refractivity contribution in [2.45, 2.75) is 13.8 Å². The van der Waals surface area contributed by atoms with Crippen LogP contribution in [0.15, 0.2) is 54.6 Å². The first-order valence-electron chi connectivity index (χ1n) is 10.8. The smallest absolute Gasteiger partial charge is 0.269 e. The summed E-state index contributed by atoms with van der Waals surface area (Å²) in [6.45, 7) is 6.60. The monoisotopic (exact) mass is 461 g/mol. The summed E-state index contributed by atoms with van der Waals surface area (Å²) in [5.41, 5.74) is 4.09. The Morgan fingerprint density at radius 2 is 1.61 bits per heavy atom. The van der Waals surface area contributed by atoms with E-state index in [0.717, 1.165) is 32.2 Å². The summed E-state index contributed by atoms with van der Waals surface area (Å²) >= 11 is 1.48. The van der Waals surface area contributed by atoms with Crippen LogP contribution >= 0.6 is 11.3 Å². The van der Waals surface area contributed by atoms with E-state index in [-0.39, 0.29) is 11.6 Å². The molecular formula is C24H23N5O3S. The van der Waals surface area contributed by atoms with Crippen LogP contribution in [-0.2, 0) is 0 Å². The van der Waals surface area contributed by atoms with Gasteiger partial charge in [-0.3, -0.25) is 14.9 Å². The highest BCUT2D eigenvalue weighted by molar-refractivity contribution is 7.20. The summed E-state index contributed by atoms with van der Waals surface area (Å²) in [5.74, 6) is 0.0365. The average Bonchev–Trinajstić information content (AvgIpc) is 3.40. The molecule has 0 radical (unpaired) electrons. The average molecular weight is 462 g/mol. The summed E-state index contributed by atoms with van der Waals surface area (Å²) in [6.07, 6.45) is 0. The van der Waals surface area contributed by atoms with Gasteiger partial charge in [0.25, 0.3) is 11.6 Å². The normalized spacial score (nSPS) is 14.1. The van der Waals surface area contributed by atoms with Crippen LogP contribution in [0, 0.1) is 24.0 Å². The third-order valence-corrected chi connectivity index (χ3v) is 7.13. The lowest BCUT2D eigenvalue weighted by Gasteiger charge is -2.35. The van der Waals surface area contributed by atoms with Gasteiger partial charge in [-0.25, -0.2) is 4.68 Å². The number of amides is 1. The standard InChI is InChI=1S/C24H23N5O3S/c1-16-3-5-19(6-4-16)28-24-21(17(2)25-28)15-22(33-24)23(30)27-13-11-26(12-14-27)18-7-9-20(10-8-18)29(31)32/h3-10,15H,11-14H2,1-2H3. The molecule has 1 amide bonds. The maximum Gasteiger partial charge on any atom is 0.269 e. The molecule has 0 unspecified atom stereocenters. The molecule has 2 aromatic carbocycles. The molecule has 4 aromatic rings. The van der Waals surface area contributed by atoms with Gasteiger partial charge in [-0.15, -0.1) is 11.3 Å². The highest BCUT2D eigenvalue weighted by Gasteiger charge is 2.25. The largest absolute Gasteiger partial charge is 0.368 e. The first-order valence-corrected chi connectivity index (χ1v) is 11.6. The van der Waals surface area contributed by atoms with Gasteiger partial charge in [-0.05, 0) is 44.2 Å². The zero-order chi connectivity index (χ0) is 23.1. The van der Waals surface area contributed by atoms with Gasteiger partial charge in [-0.2, -0.15) is 5.10 Å². The molecule has 168 valence electrons. The number of carbonyl (C=O) groups excluding carboxylic acids is 1. The number of non-ortho nitro benzene ring substituents is 1. The third kappa shape index (κ3) is 3.95. The molecule has 5 rings (SSSR count). The molecule has 0 aliphatic carbocycles. The number of aryl methyl sites for hydroxylation is 2. The Balaban J connectivity index is 1.32. The van der Waals surface area contributed by atoms with Crippen molar-refractivity contribution in [1.82, 2.24) is 14.7 Å². The maximum absolute atomic E-state index is 13.2. The van der Waals surface area contributed by atoms with Crippen LogP contribution in [-0.4, -0.2) is 51.7 Å². The molecular weight excluding hydrogens is 438 g/mol. The van der Waals surface area contributed by atoms with Gasteiger partial charge in [0, 0.05) is 49.4 Å². The van der Waals surface area contributed by atoms with Gasteiger partial charge in [0.2, 0.25) is 0 Å². The van der Waals surface area contributed by atoms with Crippen molar-refractivity contribution in [1.29, 1.82) is 0 Å². The molecule has 0 atom stereocenters. The fourth-order valence-electron chi connectivity index (χ4n) is 4.12. The number of aromatic nitrogens is 2. The van der Waals surface area contributed by atoms with E-state index in [0.29, 0.717) is 26.2 Å². The van der Waals surface area contributed by atoms with E-state index in [1.807, 2.05) is 34.7 Å². The Bertz CT molecular complexity index is 1330. The molecule has 1 aliphatic heterocycles. The zero-order valence-electron chi connectivity index (χ0n) is 18.4. The predicted octanol–water partition coefficient (Wildman–Crippen LogP) is 4.57. The van der Waals surface area contributed by atoms with Gasteiger partial charge in [0.1, 0.15) is 4.83 Å². The van der Waals surface area contributed by atoms with Crippen molar-refractivity contribution in [3.05, 3.63) is 80.8 Å². The number of fused-ring (bicyclic) bond motifs is 1. The van der Waals surface area contributed by atoms with E-state index in [2.05, 4.69) is 29.1 Å². The van der Waals surface area contributed by atoms with Crippen LogP contribution in [0.3, 0.4) is 0 Å². The van der Waals surface area contributed by atoms with E-state index < -0.39 is 4.92 Å². The highest BCUT2D eigenvalue weighted by Crippen LogP contribution is 2.31. The second kappa shape index (κ2) is 8.32. The van der Waals surface area contributed by atoms with E-state index in [1.165, 1.54) is 29.0 Å². The van der Waals surface area contributed by atoms with Gasteiger partial charge in [-0.1, -0.05) is 17.7 Å². The van der Waals surface area contributed by atoms with Crippen LogP contribution in [0.5, 0.6) is 0 Å². The van der Waals surface area contributed by atoms with Gasteiger partial charge < -0.3 is 9.80 Å². The summed E-state index contributed by atoms with van der Waals surface area (Å²) in [5, 5.41) is 16.6. The number of nitro groups is 1. The van der Waals surface area contributed by atoms with E-state index >= 15 is 0 Å². The number of rotatable bonds is 4. The molecule has 8 nitrogen and oxygen atoms in total. The van der Waals surface area contributed by atoms with Crippen LogP contribution in [0.1, 0.15) is 20.9 Å². The first-order chi connectivity index (χ1) is 15.9. The lowest BCUT2D eigenvalue weighted by atomic mass is 10.2. The van der Waals surface area contributed by atoms with E-state index in [1.54, 1.807) is 12.1 Å². The number of hydrogen-bond donors (Lipinski definition) is 0. The fraction of sp³-hybridized carbons (Fsp3) is 0.250. The number of hydrogen-bond acceptors (Lipinski definition) is 6. The van der Waals surface area contributed by atoms with Crippen molar-refractivity contribution in [2.75, 3.05) is 31.1 Å². The Kier molecular flexibility index (Phi) is 5.33. The van der Waals surface area contributed by atoms with Crippen LogP contribution in [0.2, 0.25) is 0 Å². The van der Waals surface area contributed by atoms with Crippen LogP contribution in [0.4, 0.5) is 11.4 Å². The molecule has 0 N–H and O–H groups in total. The Morgan fingerprint density at radius 1 is 0.970 bits per heavy atom. The Morgan fingerprint density at radius 3 is 2.24 bits per heavy atom. The zero-order valence-corrected chi connectivity index (χ0v) is 19.2. The molecule has 1 fully saturated rings. The van der Waals surface area contributed by atoms with Crippen molar-refractivity contribution in [2.24, 2.45) is 0 Å². The molecule has 0 bridgehead atoms. The number of nitro benzene ring substituents is 1. The summed E-state index contributed by atoms with van der Waals surface area (Å²) in [4.78, 5) is 29.4. The summed E-state index contributed by atoms with van der Waals surface area (Å²) in [7, 11) is 0. The lowest BCUT2D eigenvalue weighted by molar-refractivity contribution is -0.384. The van der Waals surface area contributed by atoms with Crippen molar-refractivity contribution in [3.63, 3.8) is 0 Å². The summed E-state index contributed by atoms with van der Waals surface area (Å²) < 4.78 is 1.91. The second-order valence-corrected chi connectivity index (χ2v) is 9.25. The van der Waals surface area contributed by atoms with Crippen LogP contribution in [0.25, 0.3) is 15.9 Å². The predicted molar refractivity (Wildman–Crippen MR) is 130 cm³/mol. The molecule has 33 heavy (non-hydrogen) atoms. The van der Waals surface area contributed by atoms with Gasteiger partial charge in [0.15, 0.2) is 0 Å². The first kappa shape index (κ1) is 21.1. The van der Waals surface area contributed by atoms with Crippen molar-refractivity contribution in [3.8, 4) is 5.69 Å². The molecule has 1 aliphatic rings. The number of anilines is 1. The van der Waals surface area contributed by atoms with Crippen molar-refractivity contribution >= 4 is 38.8 Å². The highest BCUT2D eigenvalue weighted by atomic mass is 32.1.